The maximum Gasteiger partial charge on any atom is 0.253 e. The minimum Gasteiger partial charge on any atom is -0.383 e. The fourth-order valence-corrected chi connectivity index (χ4v) is 1.45. The molecule has 0 bridgehead atoms. The van der Waals surface area contributed by atoms with Gasteiger partial charge in [-0.2, -0.15) is 0 Å². The van der Waals surface area contributed by atoms with Gasteiger partial charge in [0.05, 0.1) is 0 Å². The monoisotopic (exact) mass is 219 g/mol. The van der Waals surface area contributed by atoms with Crippen LogP contribution in [0, 0.1) is 5.92 Å². The number of anilines is 1. The lowest BCUT2D eigenvalue weighted by molar-refractivity contribution is -0.125. The highest BCUT2D eigenvalue weighted by Crippen LogP contribution is 2.13. The Balaban J connectivity index is 2.62. The number of amides is 1. The first kappa shape index (κ1) is 12.5. The van der Waals surface area contributed by atoms with Crippen LogP contribution in [0.25, 0.3) is 0 Å². The van der Waals surface area contributed by atoms with E-state index in [4.69, 9.17) is 0 Å². The van der Waals surface area contributed by atoms with Crippen molar-refractivity contribution in [2.75, 3.05) is 5.32 Å². The second kappa shape index (κ2) is 6.08. The molecule has 1 rings (SSSR count). The van der Waals surface area contributed by atoms with Crippen molar-refractivity contribution >= 4 is 11.6 Å². The van der Waals surface area contributed by atoms with Crippen LogP contribution in [0.15, 0.2) is 43.0 Å². The number of para-hydroxylation sites is 1. The van der Waals surface area contributed by atoms with Crippen LogP contribution in [-0.2, 0) is 4.79 Å². The minimum atomic E-state index is -1.04. The predicted octanol–water partition coefficient (Wildman–Crippen LogP) is 2.20. The van der Waals surface area contributed by atoms with Crippen molar-refractivity contribution in [2.45, 2.75) is 19.4 Å². The van der Waals surface area contributed by atoms with Gasteiger partial charge in [0.15, 0.2) is 0 Å². The van der Waals surface area contributed by atoms with E-state index in [0.29, 0.717) is 12.1 Å². The molecule has 0 saturated carbocycles. The smallest absolute Gasteiger partial charge is 0.253 e. The molecule has 0 spiro atoms. The summed E-state index contributed by atoms with van der Waals surface area (Å²) >= 11 is 0. The Morgan fingerprint density at radius 3 is 2.62 bits per heavy atom. The minimum absolute atomic E-state index is 0.205. The van der Waals surface area contributed by atoms with Gasteiger partial charge in [-0.3, -0.25) is 4.79 Å². The molecule has 1 aromatic carbocycles. The number of aliphatic hydroxyl groups excluding tert-OH is 1. The summed E-state index contributed by atoms with van der Waals surface area (Å²) in [5, 5.41) is 12.4. The van der Waals surface area contributed by atoms with Gasteiger partial charge in [-0.1, -0.05) is 31.2 Å². The first-order chi connectivity index (χ1) is 7.69. The zero-order valence-corrected chi connectivity index (χ0v) is 9.39. The van der Waals surface area contributed by atoms with Gasteiger partial charge in [0.2, 0.25) is 0 Å². The van der Waals surface area contributed by atoms with Crippen molar-refractivity contribution in [2.24, 2.45) is 5.92 Å². The molecule has 3 nitrogen and oxygen atoms in total. The van der Waals surface area contributed by atoms with Gasteiger partial charge in [-0.25, -0.2) is 0 Å². The average molecular weight is 219 g/mol. The summed E-state index contributed by atoms with van der Waals surface area (Å²) in [4.78, 5) is 11.7. The van der Waals surface area contributed by atoms with Crippen LogP contribution in [0.3, 0.4) is 0 Å². The summed E-state index contributed by atoms with van der Waals surface area (Å²) in [5.41, 5.74) is 0.686. The van der Waals surface area contributed by atoms with Crippen molar-refractivity contribution in [3.8, 4) is 0 Å². The van der Waals surface area contributed by atoms with Crippen molar-refractivity contribution in [3.63, 3.8) is 0 Å². The molecule has 0 saturated heterocycles. The molecular weight excluding hydrogens is 202 g/mol. The highest BCUT2D eigenvalue weighted by molar-refractivity contribution is 5.94. The predicted molar refractivity (Wildman–Crippen MR) is 65.1 cm³/mol. The Hall–Kier alpha value is -1.61. The van der Waals surface area contributed by atoms with Crippen LogP contribution in [0.5, 0.6) is 0 Å². The van der Waals surface area contributed by atoms with Crippen molar-refractivity contribution < 1.29 is 9.90 Å². The Morgan fingerprint density at radius 1 is 1.50 bits per heavy atom. The summed E-state index contributed by atoms with van der Waals surface area (Å²) in [7, 11) is 0. The molecule has 16 heavy (non-hydrogen) atoms. The normalized spacial score (nSPS) is 13.9. The number of hydrogen-bond donors (Lipinski definition) is 2. The van der Waals surface area contributed by atoms with Gasteiger partial charge in [-0.15, -0.1) is 6.58 Å². The van der Waals surface area contributed by atoms with Gasteiger partial charge in [-0.05, 0) is 18.6 Å². The van der Waals surface area contributed by atoms with Gasteiger partial charge in [0.1, 0.15) is 6.10 Å². The first-order valence-electron chi connectivity index (χ1n) is 5.35. The number of nitrogens with one attached hydrogen (secondary N) is 1. The van der Waals surface area contributed by atoms with Crippen LogP contribution >= 0.6 is 0 Å². The third-order valence-electron chi connectivity index (χ3n) is 2.49. The van der Waals surface area contributed by atoms with Crippen molar-refractivity contribution in [1.29, 1.82) is 0 Å². The van der Waals surface area contributed by atoms with Crippen LogP contribution < -0.4 is 5.32 Å². The molecule has 0 aromatic heterocycles. The Bertz CT molecular complexity index is 348. The summed E-state index contributed by atoms with van der Waals surface area (Å²) in [6.07, 6.45) is 1.25. The van der Waals surface area contributed by atoms with Gasteiger partial charge < -0.3 is 10.4 Å². The molecule has 0 aliphatic carbocycles. The summed E-state index contributed by atoms with van der Waals surface area (Å²) in [6, 6.07) is 9.07. The number of benzene rings is 1. The largest absolute Gasteiger partial charge is 0.383 e. The fraction of sp³-hybridized carbons (Fsp3) is 0.308. The quantitative estimate of drug-likeness (QED) is 0.746. The van der Waals surface area contributed by atoms with E-state index in [-0.39, 0.29) is 5.92 Å². The molecule has 86 valence electrons. The van der Waals surface area contributed by atoms with Gasteiger partial charge in [0, 0.05) is 11.6 Å². The van der Waals surface area contributed by atoms with Crippen molar-refractivity contribution in [1.82, 2.24) is 0 Å². The molecular formula is C13H17NO2. The molecule has 0 heterocycles. The molecule has 0 fully saturated rings. The van der Waals surface area contributed by atoms with Crippen LogP contribution in [0.1, 0.15) is 13.3 Å². The Labute approximate surface area is 95.8 Å². The number of carbonyl (C=O) groups is 1. The second-order valence-electron chi connectivity index (χ2n) is 3.61. The van der Waals surface area contributed by atoms with E-state index >= 15 is 0 Å². The van der Waals surface area contributed by atoms with E-state index in [2.05, 4.69) is 11.9 Å². The zero-order valence-electron chi connectivity index (χ0n) is 9.39. The number of rotatable bonds is 5. The van der Waals surface area contributed by atoms with E-state index in [9.17, 15) is 9.90 Å². The van der Waals surface area contributed by atoms with Crippen LogP contribution in [-0.4, -0.2) is 17.1 Å². The van der Waals surface area contributed by atoms with Crippen LogP contribution in [0.4, 0.5) is 5.69 Å². The molecule has 0 aliphatic heterocycles. The molecule has 2 N–H and O–H groups in total. The molecule has 0 unspecified atom stereocenters. The number of carbonyl (C=O) groups excluding carboxylic acids is 1. The Kier molecular flexibility index (Phi) is 4.73. The summed E-state index contributed by atoms with van der Waals surface area (Å²) in [6.45, 7) is 5.51. The first-order valence-corrected chi connectivity index (χ1v) is 5.35. The molecule has 1 amide bonds. The van der Waals surface area contributed by atoms with E-state index in [0.717, 1.165) is 0 Å². The third kappa shape index (κ3) is 3.21. The highest BCUT2D eigenvalue weighted by Gasteiger charge is 2.22. The number of hydrogen-bond acceptors (Lipinski definition) is 2. The van der Waals surface area contributed by atoms with E-state index < -0.39 is 12.0 Å². The molecule has 0 radical (unpaired) electrons. The van der Waals surface area contributed by atoms with Gasteiger partial charge in [0.25, 0.3) is 5.91 Å². The maximum absolute atomic E-state index is 11.7. The highest BCUT2D eigenvalue weighted by atomic mass is 16.3. The fourth-order valence-electron chi connectivity index (χ4n) is 1.45. The number of aliphatic hydroxyl groups is 1. The molecule has 0 aliphatic rings. The average Bonchev–Trinajstić information content (AvgIpc) is 2.31. The summed E-state index contributed by atoms with van der Waals surface area (Å²) < 4.78 is 0. The van der Waals surface area contributed by atoms with E-state index in [1.807, 2.05) is 25.1 Å². The second-order valence-corrected chi connectivity index (χ2v) is 3.61. The molecule has 2 atom stereocenters. The molecule has 3 heteroatoms. The topological polar surface area (TPSA) is 49.3 Å². The SMILES string of the molecule is C=C[C@H](CC)[C@H](O)C(=O)Nc1ccccc1. The standard InChI is InChI=1S/C13H17NO2/c1-3-10(4-2)12(15)13(16)14-11-8-6-5-7-9-11/h3,5-10,12,15H,1,4H2,2H3,(H,14,16)/t10-,12+/m1/s1. The van der Waals surface area contributed by atoms with Gasteiger partial charge >= 0.3 is 0 Å². The lowest BCUT2D eigenvalue weighted by atomic mass is 9.99. The lowest BCUT2D eigenvalue weighted by Crippen LogP contribution is -2.33. The van der Waals surface area contributed by atoms with Crippen molar-refractivity contribution in [3.05, 3.63) is 43.0 Å². The maximum atomic E-state index is 11.7. The summed E-state index contributed by atoms with van der Waals surface area (Å²) in [5.74, 6) is -0.596. The van der Waals surface area contributed by atoms with Crippen LogP contribution in [0.2, 0.25) is 0 Å². The Morgan fingerprint density at radius 2 is 2.12 bits per heavy atom. The van der Waals surface area contributed by atoms with E-state index in [1.165, 1.54) is 0 Å². The lowest BCUT2D eigenvalue weighted by Gasteiger charge is -2.17. The molecule has 1 aromatic rings. The van der Waals surface area contributed by atoms with E-state index in [1.54, 1.807) is 18.2 Å². The zero-order chi connectivity index (χ0) is 12.0. The third-order valence-corrected chi connectivity index (χ3v) is 2.49.